The molecule has 1 rings (SSSR count). The Labute approximate surface area is 64.3 Å². The van der Waals surface area contributed by atoms with Crippen LogP contribution in [-0.4, -0.2) is 49.2 Å². The van der Waals surface area contributed by atoms with E-state index in [4.69, 9.17) is 0 Å². The molecule has 0 aromatic carbocycles. The highest BCUT2D eigenvalue weighted by Crippen LogP contribution is 1.89. The molecule has 7 heteroatoms. The summed E-state index contributed by atoms with van der Waals surface area (Å²) >= 11 is 3.94. The van der Waals surface area contributed by atoms with Crippen LogP contribution in [0.4, 0.5) is 0 Å². The Morgan fingerprint density at radius 1 is 1.00 bits per heavy atom. The van der Waals surface area contributed by atoms with Gasteiger partial charge in [0.25, 0.3) is 0 Å². The van der Waals surface area contributed by atoms with Gasteiger partial charge in [-0.25, -0.2) is 0 Å². The van der Waals surface area contributed by atoms with Gasteiger partial charge in [0.2, 0.25) is 0 Å². The van der Waals surface area contributed by atoms with E-state index in [1.165, 1.54) is 0 Å². The maximum absolute atomic E-state index is 3.94. The van der Waals surface area contributed by atoms with Crippen molar-refractivity contribution in [3.05, 3.63) is 0 Å². The zero-order chi connectivity index (χ0) is 5.11. The van der Waals surface area contributed by atoms with Gasteiger partial charge in [-0.05, 0) is 25.7 Å². The molecule has 0 aliphatic carbocycles. The van der Waals surface area contributed by atoms with Crippen molar-refractivity contribution in [1.82, 2.24) is 0 Å². The van der Waals surface area contributed by atoms with Crippen molar-refractivity contribution in [2.24, 2.45) is 0 Å². The molecule has 1 aliphatic rings. The van der Waals surface area contributed by atoms with Gasteiger partial charge in [-0.3, -0.25) is 0 Å². The average molecular weight is 260 g/mol. The van der Waals surface area contributed by atoms with Crippen LogP contribution in [0.2, 0.25) is 0 Å². The van der Waals surface area contributed by atoms with Crippen LogP contribution in [0, 0.1) is 0 Å². The fourth-order valence-electron chi connectivity index (χ4n) is 1.05. The minimum Gasteiger partial charge on any atom is -0.140 e. The van der Waals surface area contributed by atoms with Gasteiger partial charge < -0.3 is 0 Å². The highest BCUT2D eigenvalue weighted by molar-refractivity contribution is 9.27. The summed E-state index contributed by atoms with van der Waals surface area (Å²) < 4.78 is 0. The van der Waals surface area contributed by atoms with Crippen molar-refractivity contribution in [2.45, 2.75) is 0 Å². The Bertz CT molecular complexity index is 46.1. The lowest BCUT2D eigenvalue weighted by atomic mass is 26.1. The van der Waals surface area contributed by atoms with E-state index < -0.39 is 0 Å². The molecular weight excluding hydrogens is 248 g/mol. The molecule has 0 aromatic rings. The van der Waals surface area contributed by atoms with E-state index in [0.29, 0.717) is 0 Å². The molecule has 0 aromatic heterocycles. The molecule has 0 bridgehead atoms. The van der Waals surface area contributed by atoms with Gasteiger partial charge in [-0.2, -0.15) is 0 Å². The topological polar surface area (TPSA) is 0 Å². The number of rotatable bonds is 0. The minimum absolute atomic E-state index is 0.154. The van der Waals surface area contributed by atoms with Crippen molar-refractivity contribution in [3.63, 3.8) is 0 Å². The highest BCUT2D eigenvalue weighted by Gasteiger charge is 2.12. The van der Waals surface area contributed by atoms with Gasteiger partial charge in [0, 0.05) is 17.1 Å². The lowest BCUT2D eigenvalue weighted by Gasteiger charge is -2.09. The average Bonchev–Trinajstić information content (AvgIpc) is 1.69. The first-order chi connectivity index (χ1) is 3.39. The summed E-state index contributed by atoms with van der Waals surface area (Å²) in [5, 5.41) is 0. The molecule has 0 N–H and O–H groups in total. The van der Waals surface area contributed by atoms with Gasteiger partial charge >= 0.3 is 0 Å². The van der Waals surface area contributed by atoms with Gasteiger partial charge in [-0.1, -0.05) is 0 Å². The van der Waals surface area contributed by atoms with Gasteiger partial charge in [0.1, 0.15) is 0 Å². The molecule has 0 spiro atoms. The second-order valence-corrected chi connectivity index (χ2v) is 66.5. The molecule has 0 amide bonds. The van der Waals surface area contributed by atoms with Crippen molar-refractivity contribution in [1.29, 1.82) is 0 Å². The lowest BCUT2D eigenvalue weighted by Crippen LogP contribution is -2.44. The molecule has 0 atom stereocenters. The molecule has 0 unspecified atom stereocenters. The first kappa shape index (κ1) is 6.90. The standard InChI is InChI=1S/BrH11Si6/c1-7-5-3-2-4-6-7/h7H,2-6H2. The second kappa shape index (κ2) is 3.74. The van der Waals surface area contributed by atoms with Crippen LogP contribution in [0.1, 0.15) is 0 Å². The summed E-state index contributed by atoms with van der Waals surface area (Å²) in [5.41, 5.74) is 0. The third kappa shape index (κ3) is 2.72. The number of hydrogen-bond acceptors (Lipinski definition) is 0. The Morgan fingerprint density at radius 2 is 1.57 bits per heavy atom. The Balaban J connectivity index is 2.12. The van der Waals surface area contributed by atoms with Crippen LogP contribution >= 0.6 is 15.3 Å². The predicted molar refractivity (Wildman–Crippen MR) is 58.8 cm³/mol. The fraction of sp³-hybridized carbons (Fsp3) is 0. The third-order valence-electron chi connectivity index (χ3n) is 1.53. The first-order valence-corrected chi connectivity index (χ1v) is 28.8. The summed E-state index contributed by atoms with van der Waals surface area (Å²) in [4.78, 5) is 0. The normalized spacial score (nSPS) is 50.1. The monoisotopic (exact) mass is 258 g/mol. The largest absolute Gasteiger partial charge is 0.140 e. The van der Waals surface area contributed by atoms with Crippen molar-refractivity contribution in [3.8, 4) is 0 Å². The summed E-state index contributed by atoms with van der Waals surface area (Å²) in [6, 6.07) is 0. The molecule has 1 aliphatic heterocycles. The fourth-order valence-corrected chi connectivity index (χ4v) is 283. The van der Waals surface area contributed by atoms with Gasteiger partial charge in [0.05, 0.1) is 6.45 Å². The van der Waals surface area contributed by atoms with E-state index in [2.05, 4.69) is 15.3 Å². The van der Waals surface area contributed by atoms with Gasteiger partial charge in [-0.15, -0.1) is 15.3 Å². The molecule has 0 nitrogen and oxygen atoms in total. The number of hydrogen-bond donors (Lipinski definition) is 0. The zero-order valence-electron chi connectivity index (χ0n) is 4.49. The Kier molecular flexibility index (Phi) is 3.68. The van der Waals surface area contributed by atoms with E-state index in [1.807, 2.05) is 0 Å². The first-order valence-electron chi connectivity index (χ1n) is 3.03. The SMILES string of the molecule is Br[SiH]1[SiH2][SiH2][SiH2][SiH2][SiH2]1. The Morgan fingerprint density at radius 3 is 1.86 bits per heavy atom. The molecule has 0 saturated carbocycles. The molecule has 1 fully saturated rings. The maximum atomic E-state index is 3.94. The summed E-state index contributed by atoms with van der Waals surface area (Å²) in [6.45, 7) is 0.154. The van der Waals surface area contributed by atoms with Crippen LogP contribution in [-0.2, 0) is 0 Å². The van der Waals surface area contributed by atoms with Crippen LogP contribution in [0.15, 0.2) is 0 Å². The maximum Gasteiger partial charge on any atom is 0.0796 e. The summed E-state index contributed by atoms with van der Waals surface area (Å²) in [6.07, 6.45) is 0. The van der Waals surface area contributed by atoms with E-state index in [9.17, 15) is 0 Å². The number of halogens is 1. The van der Waals surface area contributed by atoms with Crippen molar-refractivity contribution >= 4 is 64.5 Å². The lowest BCUT2D eigenvalue weighted by molar-refractivity contribution is 3.72. The van der Waals surface area contributed by atoms with E-state index in [-0.39, 0.29) is 6.45 Å². The molecule has 1 heterocycles. The Hall–Kier alpha value is 1.78. The molecular formula is H11BrSi6. The quantitative estimate of drug-likeness (QED) is 0.305. The molecule has 1 saturated heterocycles. The van der Waals surface area contributed by atoms with E-state index >= 15 is 0 Å². The minimum atomic E-state index is 0.154. The highest BCUT2D eigenvalue weighted by atomic mass is 79.9. The van der Waals surface area contributed by atoms with Crippen molar-refractivity contribution < 1.29 is 0 Å². The molecule has 0 radical (unpaired) electrons. The third-order valence-corrected chi connectivity index (χ3v) is 137. The van der Waals surface area contributed by atoms with Crippen LogP contribution in [0.25, 0.3) is 0 Å². The van der Waals surface area contributed by atoms with Crippen molar-refractivity contribution in [2.75, 3.05) is 0 Å². The molecule has 7 heavy (non-hydrogen) atoms. The van der Waals surface area contributed by atoms with Crippen LogP contribution < -0.4 is 0 Å². The smallest absolute Gasteiger partial charge is 0.0796 e. The summed E-state index contributed by atoms with van der Waals surface area (Å²) in [7, 11) is 4.15. The van der Waals surface area contributed by atoms with Crippen LogP contribution in [0.5, 0.6) is 0 Å². The van der Waals surface area contributed by atoms with E-state index in [1.54, 1.807) is 0 Å². The van der Waals surface area contributed by atoms with E-state index in [0.717, 1.165) is 42.8 Å². The second-order valence-electron chi connectivity index (χ2n) is 2.24. The van der Waals surface area contributed by atoms with Crippen LogP contribution in [0.3, 0.4) is 0 Å². The zero-order valence-corrected chi connectivity index (χ0v) is 14.3. The molecule has 42 valence electrons. The summed E-state index contributed by atoms with van der Waals surface area (Å²) in [5.74, 6) is 0. The van der Waals surface area contributed by atoms with Gasteiger partial charge in [0.15, 0.2) is 0 Å². The predicted octanol–water partition coefficient (Wildman–Crippen LogP) is -4.38.